The average molecular weight is 499 g/mol. The van der Waals surface area contributed by atoms with Crippen LogP contribution in [-0.4, -0.2) is 55.0 Å². The maximum Gasteiger partial charge on any atom is 0.254 e. The summed E-state index contributed by atoms with van der Waals surface area (Å²) in [6, 6.07) is 15.8. The van der Waals surface area contributed by atoms with Crippen LogP contribution in [0.3, 0.4) is 0 Å². The molecule has 0 atom stereocenters. The quantitative estimate of drug-likeness (QED) is 0.369. The van der Waals surface area contributed by atoms with Gasteiger partial charge in [0.05, 0.1) is 27.0 Å². The maximum atomic E-state index is 13.4. The van der Waals surface area contributed by atoms with Gasteiger partial charge in [0.25, 0.3) is 5.91 Å². The molecule has 0 fully saturated rings. The summed E-state index contributed by atoms with van der Waals surface area (Å²) < 4.78 is 16.2. The third kappa shape index (κ3) is 7.02. The number of hydrogen-bond donors (Lipinski definition) is 0. The van der Waals surface area contributed by atoms with Crippen LogP contribution >= 0.6 is 11.6 Å². The van der Waals surface area contributed by atoms with Crippen LogP contribution in [0.5, 0.6) is 11.5 Å². The summed E-state index contributed by atoms with van der Waals surface area (Å²) >= 11 is 5.96. The minimum Gasteiger partial charge on any atom is -0.493 e. The van der Waals surface area contributed by atoms with E-state index in [2.05, 4.69) is 0 Å². The number of benzene rings is 2. The van der Waals surface area contributed by atoms with E-state index in [-0.39, 0.29) is 24.4 Å². The van der Waals surface area contributed by atoms with Crippen molar-refractivity contribution in [2.24, 2.45) is 0 Å². The van der Waals surface area contributed by atoms with E-state index in [1.165, 1.54) is 0 Å². The number of carbonyl (C=O) groups is 2. The lowest BCUT2D eigenvalue weighted by Crippen LogP contribution is -2.46. The number of furan rings is 1. The summed E-state index contributed by atoms with van der Waals surface area (Å²) in [4.78, 5) is 29.9. The van der Waals surface area contributed by atoms with Gasteiger partial charge < -0.3 is 23.7 Å². The lowest BCUT2D eigenvalue weighted by atomic mass is 10.1. The van der Waals surface area contributed by atoms with Crippen LogP contribution in [0.15, 0.2) is 65.3 Å². The van der Waals surface area contributed by atoms with E-state index in [0.717, 1.165) is 5.56 Å². The van der Waals surface area contributed by atoms with Crippen molar-refractivity contribution in [3.63, 3.8) is 0 Å². The Morgan fingerprint density at radius 2 is 1.71 bits per heavy atom. The predicted octanol–water partition coefficient (Wildman–Crippen LogP) is 5.07. The van der Waals surface area contributed by atoms with Gasteiger partial charge in [-0.2, -0.15) is 0 Å². The van der Waals surface area contributed by atoms with Crippen LogP contribution in [0.25, 0.3) is 0 Å². The molecule has 0 aliphatic carbocycles. The van der Waals surface area contributed by atoms with Gasteiger partial charge in [-0.3, -0.25) is 9.59 Å². The number of hydrogen-bond acceptors (Lipinski definition) is 5. The zero-order valence-electron chi connectivity index (χ0n) is 20.5. The monoisotopic (exact) mass is 498 g/mol. The van der Waals surface area contributed by atoms with Crippen LogP contribution in [0, 0.1) is 0 Å². The molecule has 0 bridgehead atoms. The first-order valence-electron chi connectivity index (χ1n) is 11.4. The molecule has 35 heavy (non-hydrogen) atoms. The smallest absolute Gasteiger partial charge is 0.254 e. The number of nitrogens with zero attached hydrogens (tertiary/aromatic N) is 2. The molecule has 2 aromatic carbocycles. The highest BCUT2D eigenvalue weighted by Crippen LogP contribution is 2.28. The Morgan fingerprint density at radius 1 is 1.00 bits per heavy atom. The highest BCUT2D eigenvalue weighted by Gasteiger charge is 2.25. The SMILES string of the molecule is COc1ccc(CCN(Cc2ccco2)C(=O)CN(C(=O)c2ccc(Cl)cc2)C(C)C)cc1OC. The molecule has 186 valence electrons. The van der Waals surface area contributed by atoms with Crippen LogP contribution in [0.1, 0.15) is 35.5 Å². The van der Waals surface area contributed by atoms with E-state index in [1.54, 1.807) is 60.6 Å². The molecule has 3 aromatic rings. The first-order chi connectivity index (χ1) is 16.8. The Hall–Kier alpha value is -3.45. The number of ether oxygens (including phenoxy) is 2. The van der Waals surface area contributed by atoms with Gasteiger partial charge in [-0.15, -0.1) is 0 Å². The van der Waals surface area contributed by atoms with Crippen molar-refractivity contribution < 1.29 is 23.5 Å². The zero-order valence-corrected chi connectivity index (χ0v) is 21.2. The molecule has 0 aliphatic rings. The molecular weight excluding hydrogens is 468 g/mol. The highest BCUT2D eigenvalue weighted by molar-refractivity contribution is 6.30. The minimum atomic E-state index is -0.220. The summed E-state index contributed by atoms with van der Waals surface area (Å²) in [5.41, 5.74) is 1.48. The molecule has 1 aromatic heterocycles. The van der Waals surface area contributed by atoms with E-state index in [1.807, 2.05) is 38.1 Å². The number of rotatable bonds is 11. The van der Waals surface area contributed by atoms with Crippen LogP contribution in [0.2, 0.25) is 5.02 Å². The van der Waals surface area contributed by atoms with Gasteiger partial charge in [0.2, 0.25) is 5.91 Å². The molecule has 8 heteroatoms. The van der Waals surface area contributed by atoms with Gasteiger partial charge in [0.1, 0.15) is 12.3 Å². The van der Waals surface area contributed by atoms with Crippen molar-refractivity contribution in [1.82, 2.24) is 9.80 Å². The lowest BCUT2D eigenvalue weighted by molar-refractivity contribution is -0.133. The Morgan fingerprint density at radius 3 is 2.31 bits per heavy atom. The van der Waals surface area contributed by atoms with Gasteiger partial charge in [-0.25, -0.2) is 0 Å². The van der Waals surface area contributed by atoms with Gasteiger partial charge in [-0.1, -0.05) is 17.7 Å². The van der Waals surface area contributed by atoms with Crippen molar-refractivity contribution in [2.45, 2.75) is 32.9 Å². The fraction of sp³-hybridized carbons (Fsp3) is 0.333. The molecule has 3 rings (SSSR count). The van der Waals surface area contributed by atoms with Crippen LogP contribution in [-0.2, 0) is 17.8 Å². The van der Waals surface area contributed by atoms with Crippen molar-refractivity contribution in [3.05, 3.63) is 82.8 Å². The second-order valence-electron chi connectivity index (χ2n) is 8.37. The van der Waals surface area contributed by atoms with Gasteiger partial charge in [0, 0.05) is 23.2 Å². The topological polar surface area (TPSA) is 72.2 Å². The molecule has 0 spiro atoms. The average Bonchev–Trinajstić information content (AvgIpc) is 3.37. The Balaban J connectivity index is 1.76. The molecule has 2 amide bonds. The van der Waals surface area contributed by atoms with E-state index < -0.39 is 0 Å². The molecule has 7 nitrogen and oxygen atoms in total. The number of halogens is 1. The Bertz CT molecular complexity index is 1110. The van der Waals surface area contributed by atoms with Crippen molar-refractivity contribution >= 4 is 23.4 Å². The number of carbonyl (C=O) groups excluding carboxylic acids is 2. The fourth-order valence-electron chi connectivity index (χ4n) is 3.68. The molecule has 0 radical (unpaired) electrons. The van der Waals surface area contributed by atoms with Crippen molar-refractivity contribution in [1.29, 1.82) is 0 Å². The van der Waals surface area contributed by atoms with E-state index >= 15 is 0 Å². The lowest BCUT2D eigenvalue weighted by Gasteiger charge is -2.30. The maximum absolute atomic E-state index is 13.4. The van der Waals surface area contributed by atoms with Crippen LogP contribution < -0.4 is 9.47 Å². The minimum absolute atomic E-state index is 0.0498. The molecule has 0 saturated heterocycles. The largest absolute Gasteiger partial charge is 0.493 e. The Labute approximate surface area is 211 Å². The summed E-state index contributed by atoms with van der Waals surface area (Å²) in [5.74, 6) is 1.56. The molecular formula is C27H31ClN2O5. The zero-order chi connectivity index (χ0) is 25.4. The predicted molar refractivity (Wildman–Crippen MR) is 135 cm³/mol. The van der Waals surface area contributed by atoms with Crippen LogP contribution in [0.4, 0.5) is 0 Å². The van der Waals surface area contributed by atoms with Crippen molar-refractivity contribution in [3.8, 4) is 11.5 Å². The standard InChI is InChI=1S/C27H31ClN2O5/c1-19(2)30(27(32)21-8-10-22(28)11-9-21)18-26(31)29(17-23-6-5-15-35-23)14-13-20-7-12-24(33-3)25(16-20)34-4/h5-12,15-16,19H,13-14,17-18H2,1-4H3. The molecule has 0 unspecified atom stereocenters. The third-order valence-electron chi connectivity index (χ3n) is 5.68. The highest BCUT2D eigenvalue weighted by atomic mass is 35.5. The summed E-state index contributed by atoms with van der Waals surface area (Å²) in [6.45, 7) is 4.48. The summed E-state index contributed by atoms with van der Waals surface area (Å²) in [6.07, 6.45) is 2.18. The second-order valence-corrected chi connectivity index (χ2v) is 8.80. The molecule has 1 heterocycles. The normalized spacial score (nSPS) is 10.8. The van der Waals surface area contributed by atoms with E-state index in [4.69, 9.17) is 25.5 Å². The first-order valence-corrected chi connectivity index (χ1v) is 11.8. The van der Waals surface area contributed by atoms with Gasteiger partial charge in [-0.05, 0) is 74.4 Å². The molecule has 0 saturated carbocycles. The summed E-state index contributed by atoms with van der Waals surface area (Å²) in [7, 11) is 3.18. The first kappa shape index (κ1) is 26.2. The van der Waals surface area contributed by atoms with Crippen molar-refractivity contribution in [2.75, 3.05) is 27.3 Å². The second kappa shape index (κ2) is 12.3. The number of methoxy groups -OCH3 is 2. The Kier molecular flexibility index (Phi) is 9.20. The fourth-order valence-corrected chi connectivity index (χ4v) is 3.80. The molecule has 0 aliphatic heterocycles. The number of amides is 2. The van der Waals surface area contributed by atoms with Gasteiger partial charge >= 0.3 is 0 Å². The molecule has 0 N–H and O–H groups in total. The van der Waals surface area contributed by atoms with E-state index in [9.17, 15) is 9.59 Å². The third-order valence-corrected chi connectivity index (χ3v) is 5.93. The summed E-state index contributed by atoms with van der Waals surface area (Å²) in [5, 5.41) is 0.550. The van der Waals surface area contributed by atoms with E-state index in [0.29, 0.717) is 47.4 Å². The van der Waals surface area contributed by atoms with Gasteiger partial charge in [0.15, 0.2) is 11.5 Å².